The summed E-state index contributed by atoms with van der Waals surface area (Å²) in [5.41, 5.74) is 6.44. The first-order chi connectivity index (χ1) is 31.4. The Morgan fingerprint density at radius 2 is 0.547 bits per heavy atom. The maximum atomic E-state index is 13.1. The van der Waals surface area contributed by atoms with Crippen LogP contribution in [0.5, 0.6) is 0 Å². The Morgan fingerprint density at radius 3 is 0.859 bits per heavy atom. The van der Waals surface area contributed by atoms with E-state index < -0.39 is 0 Å². The van der Waals surface area contributed by atoms with Crippen LogP contribution in [0.4, 0.5) is 0 Å². The molecule has 8 heteroatoms. The van der Waals surface area contributed by atoms with Crippen molar-refractivity contribution in [2.45, 2.75) is 178 Å². The fraction of sp³-hybridized carbons (Fsp3) is 0.500. The fourth-order valence-electron chi connectivity index (χ4n) is 10.2. The van der Waals surface area contributed by atoms with Gasteiger partial charge in [0.2, 0.25) is 0 Å². The molecule has 0 saturated heterocycles. The van der Waals surface area contributed by atoms with Crippen LogP contribution in [0.25, 0.3) is 22.3 Å². The average molecular weight is 865 g/mol. The summed E-state index contributed by atoms with van der Waals surface area (Å²) < 4.78 is 0. The minimum absolute atomic E-state index is 0.0263. The Kier molecular flexibility index (Phi) is 18.1. The second-order valence-electron chi connectivity index (χ2n) is 18.9. The molecule has 0 bridgehead atoms. The number of hydrogen-bond acceptors (Lipinski definition) is 4. The average Bonchev–Trinajstić information content (AvgIpc) is 3.31. The minimum atomic E-state index is -0.0417. The molecule has 8 rings (SSSR count). The summed E-state index contributed by atoms with van der Waals surface area (Å²) in [5.74, 6) is -0.0308. The van der Waals surface area contributed by atoms with Crippen LogP contribution in [0.15, 0.2) is 97.1 Å². The van der Waals surface area contributed by atoms with Gasteiger partial charge in [-0.05, 0) is 110 Å². The van der Waals surface area contributed by atoms with E-state index in [1.54, 1.807) is 0 Å². The molecule has 4 aliphatic carbocycles. The van der Waals surface area contributed by atoms with Gasteiger partial charge in [0.15, 0.2) is 0 Å². The third kappa shape index (κ3) is 13.9. The maximum absolute atomic E-state index is 13.1. The topological polar surface area (TPSA) is 116 Å². The molecule has 64 heavy (non-hydrogen) atoms. The van der Waals surface area contributed by atoms with Crippen molar-refractivity contribution in [1.82, 2.24) is 21.3 Å². The molecule has 0 atom stereocenters. The molecule has 340 valence electrons. The quantitative estimate of drug-likeness (QED) is 0.127. The molecule has 4 saturated carbocycles. The van der Waals surface area contributed by atoms with Crippen molar-refractivity contribution in [3.63, 3.8) is 0 Å². The number of nitrogens with one attached hydrogen (secondary N) is 4. The molecule has 4 aromatic rings. The Hall–Kier alpha value is -5.24. The molecule has 4 aliphatic rings. The van der Waals surface area contributed by atoms with Gasteiger partial charge in [-0.2, -0.15) is 0 Å². The van der Waals surface area contributed by atoms with Gasteiger partial charge in [-0.3, -0.25) is 19.2 Å². The van der Waals surface area contributed by atoms with Gasteiger partial charge in [0.25, 0.3) is 23.6 Å². The van der Waals surface area contributed by atoms with Gasteiger partial charge in [-0.15, -0.1) is 0 Å². The number of benzene rings is 4. The summed E-state index contributed by atoms with van der Waals surface area (Å²) in [6.07, 6.45) is 28.4. The number of carbonyl (C=O) groups excluding carboxylic acids is 4. The van der Waals surface area contributed by atoms with Crippen LogP contribution in [0, 0.1) is 0 Å². The van der Waals surface area contributed by atoms with Crippen molar-refractivity contribution in [2.24, 2.45) is 0 Å². The van der Waals surface area contributed by atoms with Gasteiger partial charge in [0.1, 0.15) is 0 Å². The predicted octanol–water partition coefficient (Wildman–Crippen LogP) is 12.5. The summed E-state index contributed by atoms with van der Waals surface area (Å²) in [4.78, 5) is 51.6. The van der Waals surface area contributed by atoms with Crippen molar-refractivity contribution >= 4 is 23.6 Å². The normalized spacial score (nSPS) is 18.4. The lowest BCUT2D eigenvalue weighted by Gasteiger charge is -2.24. The van der Waals surface area contributed by atoms with E-state index in [0.29, 0.717) is 34.3 Å². The summed E-state index contributed by atoms with van der Waals surface area (Å²) in [5, 5.41) is 12.9. The molecule has 4 fully saturated rings. The van der Waals surface area contributed by atoms with E-state index in [0.717, 1.165) is 73.6 Å². The van der Waals surface area contributed by atoms with Crippen LogP contribution in [0.2, 0.25) is 0 Å². The summed E-state index contributed by atoms with van der Waals surface area (Å²) in [6.45, 7) is 0. The van der Waals surface area contributed by atoms with Crippen molar-refractivity contribution in [1.29, 1.82) is 0 Å². The third-order valence-corrected chi connectivity index (χ3v) is 14.0. The van der Waals surface area contributed by atoms with Crippen LogP contribution >= 0.6 is 0 Å². The van der Waals surface area contributed by atoms with Crippen LogP contribution in [0.3, 0.4) is 0 Å². The first-order valence-electron chi connectivity index (χ1n) is 25.0. The molecule has 0 spiro atoms. The maximum Gasteiger partial charge on any atom is 0.252 e. The van der Waals surface area contributed by atoms with Crippen LogP contribution in [0.1, 0.15) is 196 Å². The summed E-state index contributed by atoms with van der Waals surface area (Å²) >= 11 is 0. The van der Waals surface area contributed by atoms with E-state index in [-0.39, 0.29) is 35.7 Å². The largest absolute Gasteiger partial charge is 0.349 e. The lowest BCUT2D eigenvalue weighted by Crippen LogP contribution is -2.37. The first-order valence-corrected chi connectivity index (χ1v) is 25.0. The molecule has 0 radical (unpaired) electrons. The molecule has 8 nitrogen and oxygen atoms in total. The van der Waals surface area contributed by atoms with E-state index in [1.807, 2.05) is 97.1 Å². The molecule has 0 heterocycles. The second kappa shape index (κ2) is 24.7. The SMILES string of the molecule is O=C(NC1CCCCC1)c1ccccc1-c1ccccc1C(=O)NC1CCCCC1.O=C(NC1CCCCCCC1)c1ccc(-c2ccc(C(=O)NC3CCCCCCC3)cc2)cc1. The highest BCUT2D eigenvalue weighted by molar-refractivity contribution is 6.06. The lowest BCUT2D eigenvalue weighted by molar-refractivity contribution is 0.0918. The van der Waals surface area contributed by atoms with E-state index in [2.05, 4.69) is 21.3 Å². The van der Waals surface area contributed by atoms with Gasteiger partial charge in [-0.1, -0.05) is 163 Å². The second-order valence-corrected chi connectivity index (χ2v) is 18.9. The van der Waals surface area contributed by atoms with E-state index >= 15 is 0 Å². The van der Waals surface area contributed by atoms with E-state index in [9.17, 15) is 19.2 Å². The summed E-state index contributed by atoms with van der Waals surface area (Å²) in [6, 6.07) is 32.0. The first kappa shape index (κ1) is 46.7. The van der Waals surface area contributed by atoms with Gasteiger partial charge < -0.3 is 21.3 Å². The molecular weight excluding hydrogens is 793 g/mol. The van der Waals surface area contributed by atoms with Crippen LogP contribution in [-0.4, -0.2) is 47.8 Å². The predicted molar refractivity (Wildman–Crippen MR) is 260 cm³/mol. The van der Waals surface area contributed by atoms with Gasteiger partial charge >= 0.3 is 0 Å². The van der Waals surface area contributed by atoms with Crippen molar-refractivity contribution in [2.75, 3.05) is 0 Å². The highest BCUT2D eigenvalue weighted by Crippen LogP contribution is 2.29. The number of hydrogen-bond donors (Lipinski definition) is 4. The van der Waals surface area contributed by atoms with Crippen LogP contribution in [-0.2, 0) is 0 Å². The van der Waals surface area contributed by atoms with Crippen molar-refractivity contribution in [3.8, 4) is 22.3 Å². The monoisotopic (exact) mass is 865 g/mol. The molecule has 0 aromatic heterocycles. The van der Waals surface area contributed by atoms with Gasteiger partial charge in [-0.25, -0.2) is 0 Å². The van der Waals surface area contributed by atoms with Gasteiger partial charge in [0, 0.05) is 46.4 Å². The molecule has 0 aliphatic heterocycles. The number of carbonyl (C=O) groups is 4. The Morgan fingerprint density at radius 1 is 0.297 bits per heavy atom. The van der Waals surface area contributed by atoms with E-state index in [4.69, 9.17) is 0 Å². The minimum Gasteiger partial charge on any atom is -0.349 e. The lowest BCUT2D eigenvalue weighted by atomic mass is 9.92. The van der Waals surface area contributed by atoms with Crippen LogP contribution < -0.4 is 21.3 Å². The smallest absolute Gasteiger partial charge is 0.252 e. The zero-order valence-electron chi connectivity index (χ0n) is 38.2. The third-order valence-electron chi connectivity index (χ3n) is 14.0. The fourth-order valence-corrected chi connectivity index (χ4v) is 10.2. The zero-order valence-corrected chi connectivity index (χ0v) is 38.2. The highest BCUT2D eigenvalue weighted by Gasteiger charge is 2.23. The Balaban J connectivity index is 0.000000193. The molecule has 0 unspecified atom stereocenters. The molecule has 4 amide bonds. The summed E-state index contributed by atoms with van der Waals surface area (Å²) in [7, 11) is 0. The van der Waals surface area contributed by atoms with Crippen molar-refractivity contribution < 1.29 is 19.2 Å². The van der Waals surface area contributed by atoms with Gasteiger partial charge in [0.05, 0.1) is 0 Å². The highest BCUT2D eigenvalue weighted by atomic mass is 16.2. The molecule has 4 N–H and O–H groups in total. The molecular formula is C56H72N4O4. The standard InChI is InChI=1S/C30H40N2O2.C26H32N2O2/c33-29(31-27-11-7-3-1-4-8-12-27)25-19-15-23(16-20-25)24-17-21-26(22-18-24)30(34)32-28-13-9-5-2-6-10-14-28;29-25(27-19-11-3-1-4-12-19)23-17-9-7-15-21(23)22-16-8-10-18-24(22)26(30)28-20-13-5-2-6-14-20/h15-22,27-28H,1-14H2,(H,31,33)(H,32,34);7-10,15-20H,1-6,11-14H2,(H,27,29)(H,28,30). The van der Waals surface area contributed by atoms with Crippen molar-refractivity contribution in [3.05, 3.63) is 119 Å². The number of amides is 4. The Bertz CT molecular complexity index is 1930. The Labute approximate surface area is 382 Å². The van der Waals surface area contributed by atoms with E-state index in [1.165, 1.54) is 103 Å². The number of rotatable bonds is 10. The molecule has 4 aromatic carbocycles. The zero-order chi connectivity index (χ0) is 44.4.